The van der Waals surface area contributed by atoms with E-state index < -0.39 is 0 Å². The lowest BCUT2D eigenvalue weighted by molar-refractivity contribution is 0.542. The van der Waals surface area contributed by atoms with E-state index in [4.69, 9.17) is 0 Å². The molecule has 0 saturated heterocycles. The zero-order chi connectivity index (χ0) is 13.7. The molecule has 1 heterocycles. The molecule has 0 aliphatic heterocycles. The zero-order valence-electron chi connectivity index (χ0n) is 10.6. The van der Waals surface area contributed by atoms with E-state index in [1.165, 1.54) is 12.4 Å². The Bertz CT molecular complexity index is 513. The summed E-state index contributed by atoms with van der Waals surface area (Å²) in [7, 11) is 0. The van der Waals surface area contributed by atoms with Crippen LogP contribution in [-0.4, -0.2) is 16.5 Å². The molecule has 1 aromatic carbocycles. The van der Waals surface area contributed by atoms with Crippen LogP contribution in [-0.2, 0) is 0 Å². The summed E-state index contributed by atoms with van der Waals surface area (Å²) in [6.45, 7) is 2.86. The van der Waals surface area contributed by atoms with Crippen molar-refractivity contribution in [3.8, 4) is 0 Å². The third kappa shape index (κ3) is 3.36. The first-order valence-electron chi connectivity index (χ1n) is 6.16. The van der Waals surface area contributed by atoms with E-state index in [1.54, 1.807) is 18.5 Å². The highest BCUT2D eigenvalue weighted by molar-refractivity contribution is 9.10. The summed E-state index contributed by atoms with van der Waals surface area (Å²) < 4.78 is 14.8. The lowest BCUT2D eigenvalue weighted by atomic mass is 10.0. The fourth-order valence-corrected chi connectivity index (χ4v) is 2.49. The van der Waals surface area contributed by atoms with E-state index in [0.29, 0.717) is 5.56 Å². The number of halogens is 2. The maximum atomic E-state index is 14.1. The summed E-state index contributed by atoms with van der Waals surface area (Å²) in [6.07, 6.45) is 5.85. The van der Waals surface area contributed by atoms with Crippen molar-refractivity contribution in [2.75, 3.05) is 6.54 Å². The van der Waals surface area contributed by atoms with Gasteiger partial charge in [0.2, 0.25) is 0 Å². The molecule has 0 fully saturated rings. The van der Waals surface area contributed by atoms with Crippen LogP contribution in [0.15, 0.2) is 41.4 Å². The predicted octanol–water partition coefficient (Wildman–Crippen LogP) is 3.47. The Kier molecular flexibility index (Phi) is 4.99. The summed E-state index contributed by atoms with van der Waals surface area (Å²) in [6, 6.07) is 4.73. The van der Waals surface area contributed by atoms with Crippen LogP contribution in [0, 0.1) is 5.82 Å². The van der Waals surface area contributed by atoms with Crippen LogP contribution in [0.1, 0.15) is 30.5 Å². The molecule has 5 heteroatoms. The Morgan fingerprint density at radius 3 is 2.68 bits per heavy atom. The van der Waals surface area contributed by atoms with Crippen molar-refractivity contribution in [1.29, 1.82) is 0 Å². The minimum Gasteiger partial charge on any atom is -0.306 e. The SMILES string of the molecule is CCCNC(c1cncnc1)c1c(F)cccc1Br. The first-order valence-corrected chi connectivity index (χ1v) is 6.95. The van der Waals surface area contributed by atoms with Gasteiger partial charge in [-0.15, -0.1) is 0 Å². The molecule has 19 heavy (non-hydrogen) atoms. The van der Waals surface area contributed by atoms with Crippen LogP contribution in [0.5, 0.6) is 0 Å². The van der Waals surface area contributed by atoms with Crippen molar-refractivity contribution in [3.63, 3.8) is 0 Å². The van der Waals surface area contributed by atoms with E-state index in [0.717, 1.165) is 23.0 Å². The number of hydrogen-bond donors (Lipinski definition) is 1. The van der Waals surface area contributed by atoms with Gasteiger partial charge >= 0.3 is 0 Å². The molecule has 1 N–H and O–H groups in total. The molecule has 0 spiro atoms. The number of nitrogens with zero attached hydrogens (tertiary/aromatic N) is 2. The van der Waals surface area contributed by atoms with E-state index >= 15 is 0 Å². The first-order chi connectivity index (χ1) is 9.24. The summed E-state index contributed by atoms with van der Waals surface area (Å²) in [5.41, 5.74) is 1.44. The van der Waals surface area contributed by atoms with Gasteiger partial charge in [0, 0.05) is 28.0 Å². The first kappa shape index (κ1) is 14.1. The Morgan fingerprint density at radius 1 is 1.32 bits per heavy atom. The van der Waals surface area contributed by atoms with Gasteiger partial charge in [-0.05, 0) is 25.1 Å². The van der Waals surface area contributed by atoms with Gasteiger partial charge in [0.15, 0.2) is 0 Å². The topological polar surface area (TPSA) is 37.8 Å². The average molecular weight is 324 g/mol. The molecule has 0 bridgehead atoms. The Balaban J connectivity index is 2.43. The normalized spacial score (nSPS) is 12.4. The molecule has 100 valence electrons. The van der Waals surface area contributed by atoms with Gasteiger partial charge in [-0.3, -0.25) is 0 Å². The van der Waals surface area contributed by atoms with Crippen LogP contribution >= 0.6 is 15.9 Å². The number of nitrogens with one attached hydrogen (secondary N) is 1. The third-order valence-electron chi connectivity index (χ3n) is 2.80. The Labute approximate surface area is 120 Å². The maximum absolute atomic E-state index is 14.1. The summed E-state index contributed by atoms with van der Waals surface area (Å²) in [4.78, 5) is 8.02. The monoisotopic (exact) mass is 323 g/mol. The second-order valence-electron chi connectivity index (χ2n) is 4.19. The number of hydrogen-bond acceptors (Lipinski definition) is 3. The second kappa shape index (κ2) is 6.73. The lowest BCUT2D eigenvalue weighted by Crippen LogP contribution is -2.24. The molecule has 1 unspecified atom stereocenters. The van der Waals surface area contributed by atoms with E-state index in [1.807, 2.05) is 6.07 Å². The number of benzene rings is 1. The van der Waals surface area contributed by atoms with Gasteiger partial charge in [0.1, 0.15) is 12.1 Å². The zero-order valence-corrected chi connectivity index (χ0v) is 12.2. The molecule has 0 amide bonds. The Morgan fingerprint density at radius 2 is 2.05 bits per heavy atom. The predicted molar refractivity (Wildman–Crippen MR) is 76.3 cm³/mol. The van der Waals surface area contributed by atoms with Crippen LogP contribution < -0.4 is 5.32 Å². The van der Waals surface area contributed by atoms with Crippen molar-refractivity contribution >= 4 is 15.9 Å². The summed E-state index contributed by atoms with van der Waals surface area (Å²) in [5.74, 6) is -0.244. The maximum Gasteiger partial charge on any atom is 0.129 e. The molecular formula is C14H15BrFN3. The van der Waals surface area contributed by atoms with Gasteiger partial charge in [-0.25, -0.2) is 14.4 Å². The van der Waals surface area contributed by atoms with E-state index in [2.05, 4.69) is 38.1 Å². The highest BCUT2D eigenvalue weighted by Gasteiger charge is 2.20. The fourth-order valence-electron chi connectivity index (χ4n) is 1.92. The standard InChI is InChI=1S/C14H15BrFN3/c1-2-6-19-14(10-7-17-9-18-8-10)13-11(15)4-3-5-12(13)16/h3-5,7-9,14,19H,2,6H2,1H3. The van der Waals surface area contributed by atoms with Gasteiger partial charge in [0.05, 0.1) is 6.04 Å². The van der Waals surface area contributed by atoms with Crippen molar-refractivity contribution in [3.05, 3.63) is 58.3 Å². The van der Waals surface area contributed by atoms with E-state index in [-0.39, 0.29) is 11.9 Å². The summed E-state index contributed by atoms with van der Waals surface area (Å²) in [5, 5.41) is 3.33. The van der Waals surface area contributed by atoms with Crippen molar-refractivity contribution in [2.24, 2.45) is 0 Å². The average Bonchev–Trinajstić information content (AvgIpc) is 2.43. The smallest absolute Gasteiger partial charge is 0.129 e. The minimum atomic E-state index is -0.253. The highest BCUT2D eigenvalue weighted by atomic mass is 79.9. The Hall–Kier alpha value is -1.33. The lowest BCUT2D eigenvalue weighted by Gasteiger charge is -2.20. The van der Waals surface area contributed by atoms with Gasteiger partial charge in [0.25, 0.3) is 0 Å². The molecule has 2 rings (SSSR count). The molecule has 0 aliphatic carbocycles. The molecule has 2 aromatic rings. The number of aromatic nitrogens is 2. The molecular weight excluding hydrogens is 309 g/mol. The second-order valence-corrected chi connectivity index (χ2v) is 5.05. The molecule has 1 atom stereocenters. The molecule has 0 radical (unpaired) electrons. The van der Waals surface area contributed by atoms with Crippen molar-refractivity contribution < 1.29 is 4.39 Å². The molecule has 3 nitrogen and oxygen atoms in total. The molecule has 0 saturated carbocycles. The highest BCUT2D eigenvalue weighted by Crippen LogP contribution is 2.30. The third-order valence-corrected chi connectivity index (χ3v) is 3.49. The van der Waals surface area contributed by atoms with Crippen LogP contribution in [0.3, 0.4) is 0 Å². The van der Waals surface area contributed by atoms with Crippen LogP contribution in [0.25, 0.3) is 0 Å². The quantitative estimate of drug-likeness (QED) is 0.915. The number of rotatable bonds is 5. The van der Waals surface area contributed by atoms with Crippen LogP contribution in [0.4, 0.5) is 4.39 Å². The van der Waals surface area contributed by atoms with Crippen molar-refractivity contribution in [2.45, 2.75) is 19.4 Å². The van der Waals surface area contributed by atoms with Gasteiger partial charge < -0.3 is 5.32 Å². The fraction of sp³-hybridized carbons (Fsp3) is 0.286. The van der Waals surface area contributed by atoms with Gasteiger partial charge in [-0.2, -0.15) is 0 Å². The van der Waals surface area contributed by atoms with Gasteiger partial charge in [-0.1, -0.05) is 28.9 Å². The van der Waals surface area contributed by atoms with E-state index in [9.17, 15) is 4.39 Å². The van der Waals surface area contributed by atoms with Crippen molar-refractivity contribution in [1.82, 2.24) is 15.3 Å². The molecule has 1 aromatic heterocycles. The molecule has 0 aliphatic rings. The minimum absolute atomic E-state index is 0.244. The summed E-state index contributed by atoms with van der Waals surface area (Å²) >= 11 is 3.42. The largest absolute Gasteiger partial charge is 0.306 e. The van der Waals surface area contributed by atoms with Crippen LogP contribution in [0.2, 0.25) is 0 Å².